The quantitative estimate of drug-likeness (QED) is 0.314. The molecule has 3 aromatic carbocycles. The van der Waals surface area contributed by atoms with Crippen LogP contribution in [0, 0.1) is 0 Å². The predicted octanol–water partition coefficient (Wildman–Crippen LogP) is 4.12. The summed E-state index contributed by atoms with van der Waals surface area (Å²) in [6.45, 7) is 3.91. The van der Waals surface area contributed by atoms with Crippen LogP contribution in [-0.4, -0.2) is 5.97 Å². The number of ether oxygens (including phenoxy) is 2. The van der Waals surface area contributed by atoms with Crippen LogP contribution in [0.1, 0.15) is 15.9 Å². The third-order valence-electron chi connectivity index (χ3n) is 3.65. The molecule has 3 aromatic rings. The van der Waals surface area contributed by atoms with E-state index in [4.69, 9.17) is 20.9 Å². The lowest BCUT2D eigenvalue weighted by Crippen LogP contribution is -2.08. The molecule has 0 amide bonds. The van der Waals surface area contributed by atoms with E-state index < -0.39 is 5.97 Å². The van der Waals surface area contributed by atoms with Gasteiger partial charge in [0.2, 0.25) is 0 Å². The summed E-state index contributed by atoms with van der Waals surface area (Å²) in [5, 5.41) is 0. The van der Waals surface area contributed by atoms with Crippen molar-refractivity contribution in [2.45, 2.75) is 0 Å². The maximum Gasteiger partial charge on any atom is 0.343 e. The van der Waals surface area contributed by atoms with Gasteiger partial charge in [0.05, 0.1) is 5.56 Å². The van der Waals surface area contributed by atoms with Crippen molar-refractivity contribution in [3.63, 3.8) is 0 Å². The SMILES string of the molecule is C=C(Oc1ccc(OC(=O)c2ccc(N)cc2)cc1)c1ccc(N)cc1. The van der Waals surface area contributed by atoms with Crippen LogP contribution in [0.5, 0.6) is 11.5 Å². The van der Waals surface area contributed by atoms with E-state index in [1.165, 1.54) is 0 Å². The maximum atomic E-state index is 12.1. The summed E-state index contributed by atoms with van der Waals surface area (Å²) < 4.78 is 11.0. The van der Waals surface area contributed by atoms with Gasteiger partial charge in [-0.2, -0.15) is 0 Å². The highest BCUT2D eigenvalue weighted by atomic mass is 16.5. The number of nitrogen functional groups attached to an aromatic ring is 2. The van der Waals surface area contributed by atoms with Gasteiger partial charge in [-0.3, -0.25) is 0 Å². The van der Waals surface area contributed by atoms with Gasteiger partial charge in [0.1, 0.15) is 17.3 Å². The molecule has 0 unspecified atom stereocenters. The molecule has 0 bridgehead atoms. The second-order valence-corrected chi connectivity index (χ2v) is 5.63. The van der Waals surface area contributed by atoms with Gasteiger partial charge in [-0.15, -0.1) is 0 Å². The molecule has 0 fully saturated rings. The van der Waals surface area contributed by atoms with Gasteiger partial charge >= 0.3 is 5.97 Å². The average Bonchev–Trinajstić information content (AvgIpc) is 2.64. The van der Waals surface area contributed by atoms with Crippen LogP contribution in [-0.2, 0) is 0 Å². The van der Waals surface area contributed by atoms with Crippen molar-refractivity contribution < 1.29 is 14.3 Å². The first-order chi connectivity index (χ1) is 12.5. The fourth-order valence-electron chi connectivity index (χ4n) is 2.23. The van der Waals surface area contributed by atoms with E-state index in [0.29, 0.717) is 34.2 Å². The van der Waals surface area contributed by atoms with E-state index in [0.717, 1.165) is 5.56 Å². The van der Waals surface area contributed by atoms with Crippen LogP contribution < -0.4 is 20.9 Å². The highest BCUT2D eigenvalue weighted by Crippen LogP contribution is 2.23. The Labute approximate surface area is 151 Å². The lowest BCUT2D eigenvalue weighted by Gasteiger charge is -2.10. The van der Waals surface area contributed by atoms with Crippen molar-refractivity contribution in [1.29, 1.82) is 0 Å². The van der Waals surface area contributed by atoms with E-state index in [9.17, 15) is 4.79 Å². The molecular formula is C21H18N2O3. The van der Waals surface area contributed by atoms with E-state index in [2.05, 4.69) is 6.58 Å². The summed E-state index contributed by atoms with van der Waals surface area (Å²) in [6, 6.07) is 20.5. The van der Waals surface area contributed by atoms with E-state index in [-0.39, 0.29) is 0 Å². The Bertz CT molecular complexity index is 836. The van der Waals surface area contributed by atoms with Crippen LogP contribution in [0.2, 0.25) is 0 Å². The summed E-state index contributed by atoms with van der Waals surface area (Å²) in [7, 11) is 0. The number of carbonyl (C=O) groups excluding carboxylic acids is 1. The molecule has 3 rings (SSSR count). The summed E-state index contributed by atoms with van der Waals surface area (Å²) in [6.07, 6.45) is 0. The molecule has 0 aromatic heterocycles. The number of rotatable bonds is 5. The van der Waals surface area contributed by atoms with Crippen molar-refractivity contribution >= 4 is 23.1 Å². The van der Waals surface area contributed by atoms with Crippen molar-refractivity contribution in [2.75, 3.05) is 11.5 Å². The Balaban J connectivity index is 1.62. The molecule has 26 heavy (non-hydrogen) atoms. The smallest absolute Gasteiger partial charge is 0.343 e. The number of benzene rings is 3. The molecule has 5 nitrogen and oxygen atoms in total. The number of carbonyl (C=O) groups is 1. The molecule has 0 atom stereocenters. The molecular weight excluding hydrogens is 328 g/mol. The Morgan fingerprint density at radius 2 is 1.08 bits per heavy atom. The Hall–Kier alpha value is -3.73. The number of hydrogen-bond acceptors (Lipinski definition) is 5. The molecule has 0 aliphatic rings. The fraction of sp³-hybridized carbons (Fsp3) is 0. The third-order valence-corrected chi connectivity index (χ3v) is 3.65. The monoisotopic (exact) mass is 346 g/mol. The molecule has 0 heterocycles. The summed E-state index contributed by atoms with van der Waals surface area (Å²) in [5.41, 5.74) is 13.8. The van der Waals surface area contributed by atoms with Crippen molar-refractivity contribution in [3.05, 3.63) is 90.5 Å². The zero-order chi connectivity index (χ0) is 18.5. The van der Waals surface area contributed by atoms with E-state index in [1.807, 2.05) is 12.1 Å². The zero-order valence-corrected chi connectivity index (χ0v) is 14.0. The minimum absolute atomic E-state index is 0.414. The van der Waals surface area contributed by atoms with Gasteiger partial charge in [-0.25, -0.2) is 4.79 Å². The molecule has 130 valence electrons. The number of anilines is 2. The Morgan fingerprint density at radius 1 is 0.654 bits per heavy atom. The van der Waals surface area contributed by atoms with Gasteiger partial charge in [-0.05, 0) is 72.8 Å². The van der Waals surface area contributed by atoms with Crippen molar-refractivity contribution in [1.82, 2.24) is 0 Å². The molecule has 0 saturated heterocycles. The number of esters is 1. The first-order valence-electron chi connectivity index (χ1n) is 7.92. The second-order valence-electron chi connectivity index (χ2n) is 5.63. The Morgan fingerprint density at radius 3 is 1.58 bits per heavy atom. The standard InChI is InChI=1S/C21H18N2O3/c1-14(15-2-6-17(22)7-3-15)25-19-10-12-20(13-11-19)26-21(24)16-4-8-18(23)9-5-16/h2-13H,1,22-23H2. The van der Waals surface area contributed by atoms with Crippen LogP contribution in [0.15, 0.2) is 79.4 Å². The Kier molecular flexibility index (Phi) is 4.90. The molecule has 4 N–H and O–H groups in total. The number of nitrogens with two attached hydrogens (primary N) is 2. The van der Waals surface area contributed by atoms with Crippen LogP contribution in [0.25, 0.3) is 5.76 Å². The normalized spacial score (nSPS) is 10.2. The molecule has 0 aliphatic heterocycles. The zero-order valence-electron chi connectivity index (χ0n) is 14.0. The molecule has 0 radical (unpaired) electrons. The fourth-order valence-corrected chi connectivity index (χ4v) is 2.23. The highest BCUT2D eigenvalue weighted by Gasteiger charge is 2.09. The topological polar surface area (TPSA) is 87.6 Å². The first kappa shape index (κ1) is 17.1. The maximum absolute atomic E-state index is 12.1. The summed E-state index contributed by atoms with van der Waals surface area (Å²) >= 11 is 0. The second kappa shape index (κ2) is 7.44. The lowest BCUT2D eigenvalue weighted by atomic mass is 10.2. The summed E-state index contributed by atoms with van der Waals surface area (Å²) in [4.78, 5) is 12.1. The first-order valence-corrected chi connectivity index (χ1v) is 7.92. The molecule has 0 aliphatic carbocycles. The third kappa shape index (κ3) is 4.21. The largest absolute Gasteiger partial charge is 0.457 e. The van der Waals surface area contributed by atoms with Crippen LogP contribution >= 0.6 is 0 Å². The molecule has 5 heteroatoms. The van der Waals surface area contributed by atoms with Gasteiger partial charge in [0.25, 0.3) is 0 Å². The predicted molar refractivity (Wildman–Crippen MR) is 103 cm³/mol. The average molecular weight is 346 g/mol. The minimum Gasteiger partial charge on any atom is -0.457 e. The van der Waals surface area contributed by atoms with Gasteiger partial charge in [0.15, 0.2) is 0 Å². The van der Waals surface area contributed by atoms with Gasteiger partial charge < -0.3 is 20.9 Å². The molecule has 0 saturated carbocycles. The van der Waals surface area contributed by atoms with Gasteiger partial charge in [-0.1, -0.05) is 6.58 Å². The van der Waals surface area contributed by atoms with Crippen LogP contribution in [0.4, 0.5) is 11.4 Å². The minimum atomic E-state index is -0.454. The highest BCUT2D eigenvalue weighted by molar-refractivity contribution is 5.91. The number of hydrogen-bond donors (Lipinski definition) is 2. The van der Waals surface area contributed by atoms with Crippen molar-refractivity contribution in [2.24, 2.45) is 0 Å². The van der Waals surface area contributed by atoms with E-state index in [1.54, 1.807) is 60.7 Å². The van der Waals surface area contributed by atoms with Crippen molar-refractivity contribution in [3.8, 4) is 11.5 Å². The lowest BCUT2D eigenvalue weighted by molar-refractivity contribution is 0.0734. The molecule has 0 spiro atoms. The van der Waals surface area contributed by atoms with Gasteiger partial charge in [0, 0.05) is 16.9 Å². The summed E-state index contributed by atoms with van der Waals surface area (Å²) in [5.74, 6) is 1.04. The van der Waals surface area contributed by atoms with E-state index >= 15 is 0 Å². The van der Waals surface area contributed by atoms with Crippen LogP contribution in [0.3, 0.4) is 0 Å².